The molecule has 0 atom stereocenters. The lowest BCUT2D eigenvalue weighted by Gasteiger charge is -2.21. The van der Waals surface area contributed by atoms with Crippen LogP contribution in [0.25, 0.3) is 10.9 Å². The highest BCUT2D eigenvalue weighted by atomic mass is 15.2. The summed E-state index contributed by atoms with van der Waals surface area (Å²) in [7, 11) is 0. The zero-order valence-corrected chi connectivity index (χ0v) is 13.3. The molecule has 1 saturated carbocycles. The van der Waals surface area contributed by atoms with Crippen LogP contribution < -0.4 is 5.32 Å². The zero-order valence-electron chi connectivity index (χ0n) is 13.3. The molecule has 1 aliphatic carbocycles. The summed E-state index contributed by atoms with van der Waals surface area (Å²) >= 11 is 0. The van der Waals surface area contributed by atoms with Crippen molar-refractivity contribution in [2.75, 3.05) is 5.32 Å². The third kappa shape index (κ3) is 2.91. The number of rotatable bonds is 3. The molecule has 1 aromatic carbocycles. The molecule has 1 aliphatic rings. The van der Waals surface area contributed by atoms with E-state index in [-0.39, 0.29) is 0 Å². The molecule has 0 amide bonds. The second-order valence-corrected chi connectivity index (χ2v) is 6.34. The second kappa shape index (κ2) is 5.99. The number of fused-ring (bicyclic) bond motifs is 1. The molecule has 5 heteroatoms. The van der Waals surface area contributed by atoms with E-state index in [1.165, 1.54) is 32.1 Å². The van der Waals surface area contributed by atoms with Gasteiger partial charge in [0.25, 0.3) is 0 Å². The Kier molecular flexibility index (Phi) is 3.69. The van der Waals surface area contributed by atoms with Crippen molar-refractivity contribution >= 4 is 22.5 Å². The lowest BCUT2D eigenvalue weighted by molar-refractivity contribution is 0.430. The molecule has 2 heterocycles. The number of aryl methyl sites for hydroxylation is 1. The van der Waals surface area contributed by atoms with E-state index in [1.54, 1.807) is 0 Å². The number of benzene rings is 1. The van der Waals surface area contributed by atoms with Crippen molar-refractivity contribution in [3.8, 4) is 0 Å². The average Bonchev–Trinajstić information content (AvgIpc) is 3.00. The molecule has 1 fully saturated rings. The Balaban J connectivity index is 1.76. The van der Waals surface area contributed by atoms with Crippen molar-refractivity contribution in [3.63, 3.8) is 0 Å². The highest BCUT2D eigenvalue weighted by Crippen LogP contribution is 2.33. The summed E-state index contributed by atoms with van der Waals surface area (Å²) < 4.78 is 0. The number of hydrogen-bond acceptors (Lipinski definition) is 4. The third-order valence-electron chi connectivity index (χ3n) is 4.54. The van der Waals surface area contributed by atoms with Crippen LogP contribution in [0.1, 0.15) is 49.5 Å². The van der Waals surface area contributed by atoms with Crippen LogP contribution in [0.4, 0.5) is 11.6 Å². The van der Waals surface area contributed by atoms with E-state index in [1.807, 2.05) is 25.1 Å². The van der Waals surface area contributed by atoms with Gasteiger partial charge in [-0.3, -0.25) is 5.10 Å². The van der Waals surface area contributed by atoms with Gasteiger partial charge < -0.3 is 5.32 Å². The molecule has 0 aliphatic heterocycles. The maximum absolute atomic E-state index is 4.85. The Morgan fingerprint density at radius 1 is 1.09 bits per heavy atom. The Bertz CT molecular complexity index is 817. The van der Waals surface area contributed by atoms with Gasteiger partial charge in [0, 0.05) is 23.1 Å². The van der Waals surface area contributed by atoms with E-state index in [0.717, 1.165) is 34.1 Å². The number of anilines is 2. The first-order chi connectivity index (χ1) is 11.3. The van der Waals surface area contributed by atoms with E-state index in [2.05, 4.69) is 27.6 Å². The van der Waals surface area contributed by atoms with Crippen LogP contribution in [0, 0.1) is 6.92 Å². The first-order valence-corrected chi connectivity index (χ1v) is 8.35. The fourth-order valence-electron chi connectivity index (χ4n) is 3.34. The Morgan fingerprint density at radius 3 is 2.70 bits per heavy atom. The molecule has 0 bridgehead atoms. The number of nitrogens with zero attached hydrogens (tertiary/aromatic N) is 3. The van der Waals surface area contributed by atoms with Crippen LogP contribution in [0.3, 0.4) is 0 Å². The number of aromatic amines is 1. The van der Waals surface area contributed by atoms with Gasteiger partial charge in [-0.15, -0.1) is 0 Å². The standard InChI is InChI=1S/C18H21N5/c1-12-11-16(23-22-12)20-18-14-9-5-6-10-15(14)19-17(21-18)13-7-3-2-4-8-13/h5-6,9-11,13H,2-4,7-8H2,1H3,(H2,19,20,21,22,23). The fourth-order valence-corrected chi connectivity index (χ4v) is 3.34. The molecule has 2 aromatic heterocycles. The average molecular weight is 307 g/mol. The van der Waals surface area contributed by atoms with Crippen LogP contribution in [0.2, 0.25) is 0 Å². The molecule has 3 aromatic rings. The number of nitrogens with one attached hydrogen (secondary N) is 2. The van der Waals surface area contributed by atoms with Crippen molar-refractivity contribution in [2.24, 2.45) is 0 Å². The molecule has 2 N–H and O–H groups in total. The molecule has 4 rings (SSSR count). The first kappa shape index (κ1) is 14.2. The molecule has 118 valence electrons. The first-order valence-electron chi connectivity index (χ1n) is 8.35. The molecule has 0 unspecified atom stereocenters. The van der Waals surface area contributed by atoms with Gasteiger partial charge in [-0.05, 0) is 31.9 Å². The summed E-state index contributed by atoms with van der Waals surface area (Å²) in [4.78, 5) is 9.68. The Hall–Kier alpha value is -2.43. The summed E-state index contributed by atoms with van der Waals surface area (Å²) in [6.45, 7) is 1.99. The van der Waals surface area contributed by atoms with Crippen molar-refractivity contribution in [3.05, 3.63) is 41.9 Å². The maximum Gasteiger partial charge on any atom is 0.153 e. The van der Waals surface area contributed by atoms with Gasteiger partial charge in [-0.25, -0.2) is 9.97 Å². The van der Waals surface area contributed by atoms with Crippen LogP contribution in [0.15, 0.2) is 30.3 Å². The van der Waals surface area contributed by atoms with Crippen LogP contribution in [-0.2, 0) is 0 Å². The predicted octanol–water partition coefficient (Wildman–Crippen LogP) is 4.45. The minimum absolute atomic E-state index is 0.481. The van der Waals surface area contributed by atoms with Crippen LogP contribution in [-0.4, -0.2) is 20.2 Å². The van der Waals surface area contributed by atoms with E-state index in [9.17, 15) is 0 Å². The molecular formula is C18H21N5. The predicted molar refractivity (Wildman–Crippen MR) is 92.0 cm³/mol. The number of para-hydroxylation sites is 1. The summed E-state index contributed by atoms with van der Waals surface area (Å²) in [6.07, 6.45) is 6.28. The Labute approximate surface area is 135 Å². The normalized spacial score (nSPS) is 15.9. The number of H-pyrrole nitrogens is 1. The van der Waals surface area contributed by atoms with E-state index < -0.39 is 0 Å². The molecule has 0 saturated heterocycles. The highest BCUT2D eigenvalue weighted by Gasteiger charge is 2.20. The van der Waals surface area contributed by atoms with Gasteiger partial charge in [0.2, 0.25) is 0 Å². The van der Waals surface area contributed by atoms with Crippen LogP contribution in [0.5, 0.6) is 0 Å². The van der Waals surface area contributed by atoms with Crippen LogP contribution >= 0.6 is 0 Å². The smallest absolute Gasteiger partial charge is 0.153 e. The molecule has 5 nitrogen and oxygen atoms in total. The quantitative estimate of drug-likeness (QED) is 0.750. The van der Waals surface area contributed by atoms with E-state index in [4.69, 9.17) is 9.97 Å². The molecule has 0 radical (unpaired) electrons. The minimum Gasteiger partial charge on any atom is -0.323 e. The summed E-state index contributed by atoms with van der Waals surface area (Å²) in [5.74, 6) is 3.09. The van der Waals surface area contributed by atoms with E-state index in [0.29, 0.717) is 5.92 Å². The molecule has 23 heavy (non-hydrogen) atoms. The van der Waals surface area contributed by atoms with Gasteiger partial charge in [0.05, 0.1) is 5.52 Å². The third-order valence-corrected chi connectivity index (χ3v) is 4.54. The fraction of sp³-hybridized carbons (Fsp3) is 0.389. The summed E-state index contributed by atoms with van der Waals surface area (Å²) in [5, 5.41) is 11.6. The van der Waals surface area contributed by atoms with E-state index >= 15 is 0 Å². The lowest BCUT2D eigenvalue weighted by Crippen LogP contribution is -2.10. The van der Waals surface area contributed by atoms with Gasteiger partial charge in [-0.2, -0.15) is 5.10 Å². The van der Waals surface area contributed by atoms with Crippen molar-refractivity contribution in [1.82, 2.24) is 20.2 Å². The number of hydrogen-bond donors (Lipinski definition) is 2. The van der Waals surface area contributed by atoms with Crippen molar-refractivity contribution < 1.29 is 0 Å². The summed E-state index contributed by atoms with van der Waals surface area (Å²) in [6, 6.07) is 10.2. The van der Waals surface area contributed by atoms with Gasteiger partial charge in [-0.1, -0.05) is 31.4 Å². The Morgan fingerprint density at radius 2 is 1.91 bits per heavy atom. The maximum atomic E-state index is 4.85. The summed E-state index contributed by atoms with van der Waals surface area (Å²) in [5.41, 5.74) is 2.02. The number of aromatic nitrogens is 4. The highest BCUT2D eigenvalue weighted by molar-refractivity contribution is 5.90. The van der Waals surface area contributed by atoms with Gasteiger partial charge in [0.1, 0.15) is 11.6 Å². The van der Waals surface area contributed by atoms with Crippen molar-refractivity contribution in [2.45, 2.75) is 44.9 Å². The SMILES string of the molecule is Cc1cc(Nc2nc(C3CCCCC3)nc3ccccc23)n[nH]1. The zero-order chi connectivity index (χ0) is 15.6. The molecule has 0 spiro atoms. The lowest BCUT2D eigenvalue weighted by atomic mass is 9.88. The van der Waals surface area contributed by atoms with Gasteiger partial charge in [0.15, 0.2) is 5.82 Å². The topological polar surface area (TPSA) is 66.5 Å². The minimum atomic E-state index is 0.481. The second-order valence-electron chi connectivity index (χ2n) is 6.34. The largest absolute Gasteiger partial charge is 0.323 e. The van der Waals surface area contributed by atoms with Gasteiger partial charge >= 0.3 is 0 Å². The monoisotopic (exact) mass is 307 g/mol. The molecular weight excluding hydrogens is 286 g/mol. The van der Waals surface area contributed by atoms with Crippen molar-refractivity contribution in [1.29, 1.82) is 0 Å².